The lowest BCUT2D eigenvalue weighted by molar-refractivity contribution is 0.176. The van der Waals surface area contributed by atoms with Crippen LogP contribution in [0, 0.1) is 0 Å². The fraction of sp³-hybridized carbons (Fsp3) is 0.400. The lowest BCUT2D eigenvalue weighted by Gasteiger charge is -2.12. The first-order valence-electron chi connectivity index (χ1n) is 6.56. The van der Waals surface area contributed by atoms with Gasteiger partial charge in [-0.05, 0) is 53.5 Å². The molecule has 1 aromatic heterocycles. The van der Waals surface area contributed by atoms with Crippen LogP contribution in [0.15, 0.2) is 34.9 Å². The van der Waals surface area contributed by atoms with Gasteiger partial charge in [0.2, 0.25) is 0 Å². The third kappa shape index (κ3) is 3.41. The van der Waals surface area contributed by atoms with Gasteiger partial charge in [0.05, 0.1) is 23.4 Å². The van der Waals surface area contributed by atoms with E-state index >= 15 is 0 Å². The molecule has 2 rings (SSSR count). The van der Waals surface area contributed by atoms with Crippen molar-refractivity contribution in [1.29, 1.82) is 0 Å². The molecule has 0 aliphatic heterocycles. The fourth-order valence-corrected chi connectivity index (χ4v) is 2.54. The molecule has 0 spiro atoms. The first-order chi connectivity index (χ1) is 9.51. The Labute approximate surface area is 127 Å². The molecule has 0 bridgehead atoms. The van der Waals surface area contributed by atoms with Gasteiger partial charge in [0.15, 0.2) is 0 Å². The van der Waals surface area contributed by atoms with Crippen LogP contribution in [0.4, 0.5) is 0 Å². The standard InChI is InChI=1S/C15H19BrN2O2/c1-10(2)18-7-6-12(17-18)9-14(19)11-4-5-15(20-3)13(16)8-11/h4-8,10,14,19H,9H2,1-3H3. The van der Waals surface area contributed by atoms with E-state index in [0.717, 1.165) is 21.5 Å². The minimum atomic E-state index is -0.576. The van der Waals surface area contributed by atoms with Gasteiger partial charge in [-0.15, -0.1) is 0 Å². The Morgan fingerprint density at radius 2 is 2.10 bits per heavy atom. The first-order valence-corrected chi connectivity index (χ1v) is 7.36. The molecule has 2 aromatic rings. The van der Waals surface area contributed by atoms with Gasteiger partial charge in [0.25, 0.3) is 0 Å². The first kappa shape index (κ1) is 15.1. The number of benzene rings is 1. The Kier molecular flexibility index (Phi) is 4.83. The summed E-state index contributed by atoms with van der Waals surface area (Å²) in [6, 6.07) is 7.87. The highest BCUT2D eigenvalue weighted by Gasteiger charge is 2.13. The quantitative estimate of drug-likeness (QED) is 0.907. The number of methoxy groups -OCH3 is 1. The molecule has 1 atom stereocenters. The predicted molar refractivity (Wildman–Crippen MR) is 82.0 cm³/mol. The summed E-state index contributed by atoms with van der Waals surface area (Å²) in [4.78, 5) is 0. The number of ether oxygens (including phenoxy) is 1. The second kappa shape index (κ2) is 6.41. The molecule has 4 nitrogen and oxygen atoms in total. The largest absolute Gasteiger partial charge is 0.496 e. The molecule has 1 N–H and O–H groups in total. The predicted octanol–water partition coefficient (Wildman–Crippen LogP) is 3.51. The fourth-order valence-electron chi connectivity index (χ4n) is 1.98. The van der Waals surface area contributed by atoms with E-state index in [4.69, 9.17) is 4.74 Å². The molecule has 1 aromatic carbocycles. The number of aliphatic hydroxyl groups excluding tert-OH is 1. The van der Waals surface area contributed by atoms with Gasteiger partial charge >= 0.3 is 0 Å². The third-order valence-corrected chi connectivity index (χ3v) is 3.78. The Bertz CT molecular complexity index is 581. The number of hydrogen-bond donors (Lipinski definition) is 1. The van der Waals surface area contributed by atoms with E-state index in [0.29, 0.717) is 12.5 Å². The molecule has 0 fully saturated rings. The van der Waals surface area contributed by atoms with Crippen LogP contribution in [-0.4, -0.2) is 22.0 Å². The SMILES string of the molecule is COc1ccc(C(O)Cc2ccn(C(C)C)n2)cc1Br. The van der Waals surface area contributed by atoms with Crippen molar-refractivity contribution in [2.45, 2.75) is 32.4 Å². The molecular weight excluding hydrogens is 320 g/mol. The molecule has 0 aliphatic rings. The van der Waals surface area contributed by atoms with E-state index in [1.54, 1.807) is 7.11 Å². The smallest absolute Gasteiger partial charge is 0.133 e. The number of aliphatic hydroxyl groups is 1. The molecule has 0 saturated heterocycles. The molecule has 0 radical (unpaired) electrons. The van der Waals surface area contributed by atoms with Crippen LogP contribution in [0.25, 0.3) is 0 Å². The summed E-state index contributed by atoms with van der Waals surface area (Å²) >= 11 is 3.43. The zero-order valence-electron chi connectivity index (χ0n) is 11.9. The average Bonchev–Trinajstić information content (AvgIpc) is 2.87. The van der Waals surface area contributed by atoms with Gasteiger partial charge in [0, 0.05) is 18.7 Å². The van der Waals surface area contributed by atoms with E-state index in [1.807, 2.05) is 35.1 Å². The Hall–Kier alpha value is -1.33. The number of hydrogen-bond acceptors (Lipinski definition) is 3. The van der Waals surface area contributed by atoms with E-state index < -0.39 is 6.10 Å². The topological polar surface area (TPSA) is 47.3 Å². The Morgan fingerprint density at radius 1 is 1.35 bits per heavy atom. The highest BCUT2D eigenvalue weighted by molar-refractivity contribution is 9.10. The van der Waals surface area contributed by atoms with Gasteiger partial charge in [-0.25, -0.2) is 0 Å². The summed E-state index contributed by atoms with van der Waals surface area (Å²) in [7, 11) is 1.62. The van der Waals surface area contributed by atoms with Crippen LogP contribution in [-0.2, 0) is 6.42 Å². The lowest BCUT2D eigenvalue weighted by atomic mass is 10.1. The molecular formula is C15H19BrN2O2. The summed E-state index contributed by atoms with van der Waals surface area (Å²) in [5.74, 6) is 0.755. The van der Waals surface area contributed by atoms with Crippen LogP contribution in [0.3, 0.4) is 0 Å². The zero-order valence-corrected chi connectivity index (χ0v) is 13.5. The van der Waals surface area contributed by atoms with Crippen molar-refractivity contribution in [2.24, 2.45) is 0 Å². The van der Waals surface area contributed by atoms with Crippen LogP contribution >= 0.6 is 15.9 Å². The van der Waals surface area contributed by atoms with Crippen molar-refractivity contribution in [3.05, 3.63) is 46.2 Å². The van der Waals surface area contributed by atoms with Gasteiger partial charge < -0.3 is 9.84 Å². The molecule has 1 heterocycles. The molecule has 5 heteroatoms. The van der Waals surface area contributed by atoms with E-state index in [2.05, 4.69) is 34.9 Å². The number of aromatic nitrogens is 2. The maximum atomic E-state index is 10.3. The number of nitrogens with zero attached hydrogens (tertiary/aromatic N) is 2. The van der Waals surface area contributed by atoms with Crippen molar-refractivity contribution in [1.82, 2.24) is 9.78 Å². The van der Waals surface area contributed by atoms with Crippen molar-refractivity contribution >= 4 is 15.9 Å². The highest BCUT2D eigenvalue weighted by atomic mass is 79.9. The molecule has 0 aliphatic carbocycles. The molecule has 0 saturated carbocycles. The molecule has 0 amide bonds. The normalized spacial score (nSPS) is 12.7. The average molecular weight is 339 g/mol. The van der Waals surface area contributed by atoms with Crippen LogP contribution in [0.2, 0.25) is 0 Å². The zero-order chi connectivity index (χ0) is 14.7. The van der Waals surface area contributed by atoms with Crippen molar-refractivity contribution in [3.63, 3.8) is 0 Å². The van der Waals surface area contributed by atoms with Crippen LogP contribution in [0.5, 0.6) is 5.75 Å². The van der Waals surface area contributed by atoms with Crippen LogP contribution < -0.4 is 4.74 Å². The van der Waals surface area contributed by atoms with Gasteiger partial charge in [-0.3, -0.25) is 4.68 Å². The summed E-state index contributed by atoms with van der Waals surface area (Å²) in [5, 5.41) is 14.8. The summed E-state index contributed by atoms with van der Waals surface area (Å²) in [6.45, 7) is 4.15. The monoisotopic (exact) mass is 338 g/mol. The van der Waals surface area contributed by atoms with Gasteiger partial charge in [-0.1, -0.05) is 6.07 Å². The lowest BCUT2D eigenvalue weighted by Crippen LogP contribution is -2.05. The van der Waals surface area contributed by atoms with E-state index in [9.17, 15) is 5.11 Å². The van der Waals surface area contributed by atoms with Crippen LogP contribution in [0.1, 0.15) is 37.3 Å². The van der Waals surface area contributed by atoms with Crippen molar-refractivity contribution in [2.75, 3.05) is 7.11 Å². The van der Waals surface area contributed by atoms with Crippen molar-refractivity contribution < 1.29 is 9.84 Å². The van der Waals surface area contributed by atoms with E-state index in [-0.39, 0.29) is 0 Å². The highest BCUT2D eigenvalue weighted by Crippen LogP contribution is 2.29. The minimum Gasteiger partial charge on any atom is -0.496 e. The molecule has 1 unspecified atom stereocenters. The third-order valence-electron chi connectivity index (χ3n) is 3.16. The molecule has 108 valence electrons. The second-order valence-corrected chi connectivity index (χ2v) is 5.85. The number of rotatable bonds is 5. The maximum absolute atomic E-state index is 10.3. The summed E-state index contributed by atoms with van der Waals surface area (Å²) in [6.07, 6.45) is 1.86. The van der Waals surface area contributed by atoms with E-state index in [1.165, 1.54) is 0 Å². The van der Waals surface area contributed by atoms with Gasteiger partial charge in [-0.2, -0.15) is 5.10 Å². The Morgan fingerprint density at radius 3 is 2.65 bits per heavy atom. The minimum absolute atomic E-state index is 0.330. The molecule has 20 heavy (non-hydrogen) atoms. The maximum Gasteiger partial charge on any atom is 0.133 e. The van der Waals surface area contributed by atoms with Gasteiger partial charge in [0.1, 0.15) is 5.75 Å². The second-order valence-electron chi connectivity index (χ2n) is 4.99. The summed E-state index contributed by atoms with van der Waals surface area (Å²) < 4.78 is 7.92. The Balaban J connectivity index is 2.10. The number of halogens is 1. The summed E-state index contributed by atoms with van der Waals surface area (Å²) in [5.41, 5.74) is 1.73. The van der Waals surface area contributed by atoms with Crippen molar-refractivity contribution in [3.8, 4) is 5.75 Å².